The second-order valence-electron chi connectivity index (χ2n) is 2.38. The molecule has 0 saturated heterocycles. The van der Waals surface area contributed by atoms with Crippen LogP contribution in [-0.2, 0) is 11.1 Å². The van der Waals surface area contributed by atoms with Gasteiger partial charge in [0.1, 0.15) is 0 Å². The van der Waals surface area contributed by atoms with Crippen molar-refractivity contribution in [2.75, 3.05) is 12.3 Å². The van der Waals surface area contributed by atoms with Gasteiger partial charge in [-0.1, -0.05) is 6.42 Å². The smallest absolute Gasteiger partial charge is 0.163 e. The van der Waals surface area contributed by atoms with Crippen molar-refractivity contribution in [1.29, 1.82) is 0 Å². The minimum absolute atomic E-state index is 0.306. The van der Waals surface area contributed by atoms with Crippen molar-refractivity contribution >= 4 is 28.4 Å². The minimum atomic E-state index is -1.65. The van der Waals surface area contributed by atoms with Crippen molar-refractivity contribution in [3.63, 3.8) is 0 Å². The zero-order chi connectivity index (χ0) is 9.40. The van der Waals surface area contributed by atoms with Crippen molar-refractivity contribution in [2.45, 2.75) is 19.3 Å². The average molecular weight is 210 g/mol. The quantitative estimate of drug-likeness (QED) is 0.332. The highest BCUT2D eigenvalue weighted by Gasteiger charge is 1.93. The molecule has 0 aromatic heterocycles. The van der Waals surface area contributed by atoms with Gasteiger partial charge in [0.2, 0.25) is 0 Å². The van der Waals surface area contributed by atoms with Crippen LogP contribution in [0.5, 0.6) is 0 Å². The van der Waals surface area contributed by atoms with Crippen molar-refractivity contribution in [1.82, 2.24) is 5.32 Å². The highest BCUT2D eigenvalue weighted by molar-refractivity contribution is 7.80. The summed E-state index contributed by atoms with van der Waals surface area (Å²) in [7, 11) is 0. The van der Waals surface area contributed by atoms with Crippen LogP contribution in [0.1, 0.15) is 19.3 Å². The van der Waals surface area contributed by atoms with E-state index in [1.807, 2.05) is 0 Å². The van der Waals surface area contributed by atoms with Crippen LogP contribution in [0.3, 0.4) is 0 Å². The van der Waals surface area contributed by atoms with E-state index in [0.29, 0.717) is 10.9 Å². The van der Waals surface area contributed by atoms with Crippen LogP contribution < -0.4 is 11.1 Å². The van der Waals surface area contributed by atoms with E-state index in [9.17, 15) is 4.21 Å². The van der Waals surface area contributed by atoms with E-state index in [2.05, 4.69) is 17.5 Å². The molecule has 0 aliphatic carbocycles. The summed E-state index contributed by atoms with van der Waals surface area (Å²) in [5, 5.41) is 3.11. The van der Waals surface area contributed by atoms with Crippen molar-refractivity contribution in [3.8, 4) is 0 Å². The molecule has 4 nitrogen and oxygen atoms in total. The lowest BCUT2D eigenvalue weighted by molar-refractivity contribution is 0.558. The summed E-state index contributed by atoms with van der Waals surface area (Å²) in [6.07, 6.45) is 2.61. The molecule has 0 aliphatic rings. The molecule has 0 spiro atoms. The highest BCUT2D eigenvalue weighted by Crippen LogP contribution is 1.94. The second kappa shape index (κ2) is 7.45. The number of rotatable bonds is 6. The molecule has 0 bridgehead atoms. The Balaban J connectivity index is 3.01. The minimum Gasteiger partial charge on any atom is -0.376 e. The molecule has 1 atom stereocenters. The molecular formula is C6H14N2O2S2. The van der Waals surface area contributed by atoms with Crippen LogP contribution >= 0.6 is 12.2 Å². The maximum atomic E-state index is 10.2. The largest absolute Gasteiger partial charge is 0.376 e. The first kappa shape index (κ1) is 11.8. The van der Waals surface area contributed by atoms with Crippen LogP contribution in [0.2, 0.25) is 0 Å². The van der Waals surface area contributed by atoms with Gasteiger partial charge in [-0.15, -0.1) is 0 Å². The van der Waals surface area contributed by atoms with E-state index in [-0.39, 0.29) is 0 Å². The molecule has 72 valence electrons. The van der Waals surface area contributed by atoms with E-state index in [4.69, 9.17) is 10.3 Å². The molecule has 0 amide bonds. The first-order valence-electron chi connectivity index (χ1n) is 3.73. The van der Waals surface area contributed by atoms with Crippen LogP contribution in [0.4, 0.5) is 0 Å². The number of unbranched alkanes of at least 4 members (excludes halogenated alkanes) is 2. The van der Waals surface area contributed by atoms with Gasteiger partial charge in [-0.2, -0.15) is 0 Å². The molecule has 0 aliphatic heterocycles. The van der Waals surface area contributed by atoms with E-state index in [0.717, 1.165) is 25.8 Å². The number of nitrogens with one attached hydrogen (secondary N) is 1. The third-order valence-corrected chi connectivity index (χ3v) is 2.08. The fraction of sp³-hybridized carbons (Fsp3) is 0.833. The van der Waals surface area contributed by atoms with Crippen LogP contribution in [-0.4, -0.2) is 26.2 Å². The summed E-state index contributed by atoms with van der Waals surface area (Å²) in [4.78, 5) is 0. The van der Waals surface area contributed by atoms with Crippen molar-refractivity contribution in [2.24, 2.45) is 5.73 Å². The SMILES string of the molecule is NC(=S)NCCCCCS(=O)O. The van der Waals surface area contributed by atoms with Crippen LogP contribution in [0.25, 0.3) is 0 Å². The number of hydrogen-bond acceptors (Lipinski definition) is 2. The Hall–Kier alpha value is -0.200. The Morgan fingerprint density at radius 1 is 1.50 bits per heavy atom. The van der Waals surface area contributed by atoms with Gasteiger partial charge in [-0.3, -0.25) is 0 Å². The maximum Gasteiger partial charge on any atom is 0.163 e. The van der Waals surface area contributed by atoms with Gasteiger partial charge >= 0.3 is 0 Å². The lowest BCUT2D eigenvalue weighted by Gasteiger charge is -2.01. The zero-order valence-electron chi connectivity index (χ0n) is 6.78. The Kier molecular flexibility index (Phi) is 7.33. The number of thiocarbonyl (C=S) groups is 1. The molecule has 0 rings (SSSR count). The number of hydrogen-bond donors (Lipinski definition) is 3. The topological polar surface area (TPSA) is 75.3 Å². The molecule has 0 aromatic carbocycles. The first-order chi connectivity index (χ1) is 5.63. The second-order valence-corrected chi connectivity index (χ2v) is 3.87. The fourth-order valence-corrected chi connectivity index (χ4v) is 1.29. The van der Waals surface area contributed by atoms with Gasteiger partial charge in [0.25, 0.3) is 0 Å². The Bertz CT molecular complexity index is 146. The molecule has 12 heavy (non-hydrogen) atoms. The van der Waals surface area contributed by atoms with Crippen molar-refractivity contribution in [3.05, 3.63) is 0 Å². The van der Waals surface area contributed by atoms with E-state index in [1.165, 1.54) is 0 Å². The van der Waals surface area contributed by atoms with Gasteiger partial charge < -0.3 is 15.6 Å². The van der Waals surface area contributed by atoms with Gasteiger partial charge in [0.15, 0.2) is 16.2 Å². The molecule has 0 heterocycles. The molecule has 0 radical (unpaired) electrons. The predicted octanol–water partition coefficient (Wildman–Crippen LogP) is 0.212. The Labute approximate surface area is 80.2 Å². The summed E-state index contributed by atoms with van der Waals surface area (Å²) in [6.45, 7) is 0.743. The van der Waals surface area contributed by atoms with Crippen LogP contribution in [0, 0.1) is 0 Å². The summed E-state index contributed by atoms with van der Waals surface area (Å²) < 4.78 is 18.6. The molecule has 0 fully saturated rings. The van der Waals surface area contributed by atoms with E-state index >= 15 is 0 Å². The summed E-state index contributed by atoms with van der Waals surface area (Å²) >= 11 is 2.94. The normalized spacial score (nSPS) is 12.4. The predicted molar refractivity (Wildman–Crippen MR) is 54.3 cm³/mol. The number of nitrogens with two attached hydrogens (primary N) is 1. The van der Waals surface area contributed by atoms with Gasteiger partial charge in [0, 0.05) is 12.3 Å². The fourth-order valence-electron chi connectivity index (χ4n) is 0.739. The summed E-state index contributed by atoms with van der Waals surface area (Å²) in [5.74, 6) is 0.354. The zero-order valence-corrected chi connectivity index (χ0v) is 8.42. The molecular weight excluding hydrogens is 196 g/mol. The lowest BCUT2D eigenvalue weighted by atomic mass is 10.2. The molecule has 0 saturated carbocycles. The molecule has 0 aromatic rings. The standard InChI is InChI=1S/C6H14N2O2S2/c7-6(11)8-4-2-1-3-5-12(9)10/h1-5H2,(H,9,10)(H3,7,8,11). The monoisotopic (exact) mass is 210 g/mol. The van der Waals surface area contributed by atoms with Gasteiger partial charge in [0.05, 0.1) is 0 Å². The summed E-state index contributed by atoms with van der Waals surface area (Å²) in [6, 6.07) is 0. The van der Waals surface area contributed by atoms with E-state index < -0.39 is 11.1 Å². The highest BCUT2D eigenvalue weighted by atomic mass is 32.2. The first-order valence-corrected chi connectivity index (χ1v) is 5.42. The molecule has 6 heteroatoms. The van der Waals surface area contributed by atoms with E-state index in [1.54, 1.807) is 0 Å². The van der Waals surface area contributed by atoms with Crippen LogP contribution in [0.15, 0.2) is 0 Å². The maximum absolute atomic E-state index is 10.2. The third kappa shape index (κ3) is 9.80. The third-order valence-electron chi connectivity index (χ3n) is 1.29. The average Bonchev–Trinajstić information content (AvgIpc) is 1.95. The Morgan fingerprint density at radius 3 is 2.67 bits per heavy atom. The Morgan fingerprint density at radius 2 is 2.17 bits per heavy atom. The van der Waals surface area contributed by atoms with Gasteiger partial charge in [-0.25, -0.2) is 4.21 Å². The van der Waals surface area contributed by atoms with Crippen molar-refractivity contribution < 1.29 is 8.76 Å². The van der Waals surface area contributed by atoms with Gasteiger partial charge in [-0.05, 0) is 25.1 Å². The molecule has 1 unspecified atom stereocenters. The molecule has 4 N–H and O–H groups in total. The lowest BCUT2D eigenvalue weighted by Crippen LogP contribution is -2.29. The summed E-state index contributed by atoms with van der Waals surface area (Å²) in [5.41, 5.74) is 5.19.